The summed E-state index contributed by atoms with van der Waals surface area (Å²) in [6.07, 6.45) is 0. The number of nitrogens with zero attached hydrogens (tertiary/aromatic N) is 3. The number of nitrogens with one attached hydrogen (secondary N) is 1. The summed E-state index contributed by atoms with van der Waals surface area (Å²) in [5.74, 6) is 0.970. The molecule has 1 aromatic heterocycles. The van der Waals surface area contributed by atoms with E-state index in [2.05, 4.69) is 15.5 Å². The van der Waals surface area contributed by atoms with Crippen molar-refractivity contribution in [2.75, 3.05) is 27.1 Å². The smallest absolute Gasteiger partial charge is 0.316 e. The first-order valence-corrected chi connectivity index (χ1v) is 11.1. The summed E-state index contributed by atoms with van der Waals surface area (Å²) in [7, 11) is 4.39. The molecule has 1 amide bonds. The third-order valence-corrected chi connectivity index (χ3v) is 5.78. The average Bonchev–Trinajstić information content (AvgIpc) is 3.24. The molecule has 0 fully saturated rings. The molecular weight excluding hydrogens is 444 g/mol. The molecule has 10 heteroatoms. The highest BCUT2D eigenvalue weighted by Crippen LogP contribution is 2.26. The van der Waals surface area contributed by atoms with Gasteiger partial charge in [-0.15, -0.1) is 10.2 Å². The van der Waals surface area contributed by atoms with Crippen molar-refractivity contribution in [1.82, 2.24) is 20.1 Å². The Morgan fingerprint density at radius 3 is 2.33 bits per heavy atom. The van der Waals surface area contributed by atoms with Crippen LogP contribution in [0.1, 0.15) is 27.3 Å². The summed E-state index contributed by atoms with van der Waals surface area (Å²) in [5.41, 5.74) is 3.33. The fourth-order valence-electron chi connectivity index (χ4n) is 3.09. The van der Waals surface area contributed by atoms with E-state index >= 15 is 0 Å². The lowest BCUT2D eigenvalue weighted by atomic mass is 10.1. The fraction of sp³-hybridized carbons (Fsp3) is 0.304. The summed E-state index contributed by atoms with van der Waals surface area (Å²) in [4.78, 5) is 24.5. The van der Waals surface area contributed by atoms with Crippen molar-refractivity contribution in [2.45, 2.75) is 25.5 Å². The molecule has 33 heavy (non-hydrogen) atoms. The number of amides is 1. The van der Waals surface area contributed by atoms with Crippen LogP contribution in [0.5, 0.6) is 11.5 Å². The maximum Gasteiger partial charge on any atom is 0.316 e. The monoisotopic (exact) mass is 470 g/mol. The van der Waals surface area contributed by atoms with E-state index in [-0.39, 0.29) is 24.2 Å². The molecule has 1 N–H and O–H groups in total. The second-order valence-electron chi connectivity index (χ2n) is 7.17. The van der Waals surface area contributed by atoms with Gasteiger partial charge in [-0.05, 0) is 43.2 Å². The molecule has 9 nitrogen and oxygen atoms in total. The number of aromatic nitrogens is 3. The number of benzene rings is 2. The van der Waals surface area contributed by atoms with E-state index in [9.17, 15) is 9.59 Å². The Kier molecular flexibility index (Phi) is 7.94. The Morgan fingerprint density at radius 2 is 1.70 bits per heavy atom. The second-order valence-corrected chi connectivity index (χ2v) is 8.12. The zero-order chi connectivity index (χ0) is 24.0. The van der Waals surface area contributed by atoms with Gasteiger partial charge < -0.3 is 19.5 Å². The summed E-state index contributed by atoms with van der Waals surface area (Å²) >= 11 is 1.22. The van der Waals surface area contributed by atoms with E-state index < -0.39 is 0 Å². The minimum atomic E-state index is -0.364. The Labute approximate surface area is 196 Å². The topological polar surface area (TPSA) is 105 Å². The van der Waals surface area contributed by atoms with Crippen molar-refractivity contribution in [2.24, 2.45) is 0 Å². The van der Waals surface area contributed by atoms with Gasteiger partial charge in [0.25, 0.3) is 5.91 Å². The van der Waals surface area contributed by atoms with Crippen molar-refractivity contribution in [3.63, 3.8) is 0 Å². The Balaban J connectivity index is 1.90. The van der Waals surface area contributed by atoms with Gasteiger partial charge in [-0.2, -0.15) is 0 Å². The molecular formula is C23H26N4O5S. The van der Waals surface area contributed by atoms with Crippen LogP contribution >= 0.6 is 11.8 Å². The van der Waals surface area contributed by atoms with Crippen molar-refractivity contribution in [3.8, 4) is 17.2 Å². The lowest BCUT2D eigenvalue weighted by Crippen LogP contribution is -2.25. The van der Waals surface area contributed by atoms with Crippen LogP contribution in [0.3, 0.4) is 0 Å². The molecule has 0 radical (unpaired) electrons. The first-order chi connectivity index (χ1) is 15.9. The van der Waals surface area contributed by atoms with Gasteiger partial charge in [0.1, 0.15) is 11.5 Å². The molecule has 0 bridgehead atoms. The highest BCUT2D eigenvalue weighted by molar-refractivity contribution is 7.99. The molecule has 0 spiro atoms. The number of hydrogen-bond donors (Lipinski definition) is 1. The van der Waals surface area contributed by atoms with Crippen LogP contribution in [0.2, 0.25) is 0 Å². The number of hydrogen-bond acceptors (Lipinski definition) is 8. The molecule has 3 rings (SSSR count). The molecule has 0 aliphatic rings. The fourth-order valence-corrected chi connectivity index (χ4v) is 3.89. The van der Waals surface area contributed by atoms with Gasteiger partial charge in [0.15, 0.2) is 11.0 Å². The Hall–Kier alpha value is -3.53. The SMILES string of the molecule is COC(=O)CSc1nnc(CNC(=O)c2cc(OC)cc(OC)c2)n1-c1cc(C)ccc1C. The molecule has 174 valence electrons. The van der Waals surface area contributed by atoms with Gasteiger partial charge in [0, 0.05) is 11.6 Å². The predicted molar refractivity (Wildman–Crippen MR) is 124 cm³/mol. The van der Waals surface area contributed by atoms with Crippen LogP contribution in [0.4, 0.5) is 0 Å². The van der Waals surface area contributed by atoms with Crippen molar-refractivity contribution in [1.29, 1.82) is 0 Å². The van der Waals surface area contributed by atoms with Gasteiger partial charge in [-0.1, -0.05) is 23.9 Å². The molecule has 0 saturated heterocycles. The van der Waals surface area contributed by atoms with E-state index in [0.717, 1.165) is 16.8 Å². The summed E-state index contributed by atoms with van der Waals surface area (Å²) in [5, 5.41) is 11.9. The zero-order valence-electron chi connectivity index (χ0n) is 19.2. The summed E-state index contributed by atoms with van der Waals surface area (Å²) in [6.45, 7) is 4.10. The van der Waals surface area contributed by atoms with Crippen LogP contribution in [0, 0.1) is 13.8 Å². The van der Waals surface area contributed by atoms with Crippen LogP contribution in [0.15, 0.2) is 41.6 Å². The lowest BCUT2D eigenvalue weighted by Gasteiger charge is -2.14. The highest BCUT2D eigenvalue weighted by atomic mass is 32.2. The molecule has 0 atom stereocenters. The van der Waals surface area contributed by atoms with Gasteiger partial charge in [0.2, 0.25) is 0 Å². The number of esters is 1. The largest absolute Gasteiger partial charge is 0.497 e. The molecule has 1 heterocycles. The van der Waals surface area contributed by atoms with Crippen LogP contribution in [0.25, 0.3) is 5.69 Å². The predicted octanol–water partition coefficient (Wildman–Crippen LogP) is 3.10. The normalized spacial score (nSPS) is 10.6. The van der Waals surface area contributed by atoms with Crippen LogP contribution < -0.4 is 14.8 Å². The third-order valence-electron chi connectivity index (χ3n) is 4.87. The first-order valence-electron chi connectivity index (χ1n) is 10.1. The highest BCUT2D eigenvalue weighted by Gasteiger charge is 2.19. The maximum absolute atomic E-state index is 12.8. The minimum absolute atomic E-state index is 0.0927. The molecule has 0 aliphatic heterocycles. The number of aryl methyl sites for hydroxylation is 2. The van der Waals surface area contributed by atoms with Crippen molar-refractivity contribution < 1.29 is 23.8 Å². The van der Waals surface area contributed by atoms with Crippen molar-refractivity contribution >= 4 is 23.6 Å². The number of rotatable bonds is 9. The van der Waals surface area contributed by atoms with E-state index in [0.29, 0.717) is 28.0 Å². The molecule has 0 unspecified atom stereocenters. The maximum atomic E-state index is 12.8. The van der Waals surface area contributed by atoms with Gasteiger partial charge >= 0.3 is 5.97 Å². The standard InChI is InChI=1S/C23H26N4O5S/c1-14-6-7-15(2)19(8-14)27-20(25-26-23(27)33-13-21(28)32-5)12-24-22(29)16-9-17(30-3)11-18(10-16)31-4/h6-11H,12-13H2,1-5H3,(H,24,29). The third kappa shape index (κ3) is 5.83. The number of carbonyl (C=O) groups is 2. The quantitative estimate of drug-likeness (QED) is 0.376. The Bertz CT molecular complexity index is 1140. The second kappa shape index (κ2) is 10.9. The zero-order valence-corrected chi connectivity index (χ0v) is 20.0. The minimum Gasteiger partial charge on any atom is -0.497 e. The van der Waals surface area contributed by atoms with E-state index in [1.54, 1.807) is 18.2 Å². The van der Waals surface area contributed by atoms with E-state index in [1.807, 2.05) is 36.6 Å². The summed E-state index contributed by atoms with van der Waals surface area (Å²) in [6, 6.07) is 11.0. The number of carbonyl (C=O) groups excluding carboxylic acids is 2. The number of thioether (sulfide) groups is 1. The van der Waals surface area contributed by atoms with Gasteiger partial charge in [-0.25, -0.2) is 0 Å². The first kappa shape index (κ1) is 24.1. The molecule has 0 aliphatic carbocycles. The van der Waals surface area contributed by atoms with E-state index in [1.165, 1.54) is 33.1 Å². The summed E-state index contributed by atoms with van der Waals surface area (Å²) < 4.78 is 17.1. The Morgan fingerprint density at radius 1 is 1.00 bits per heavy atom. The number of methoxy groups -OCH3 is 3. The van der Waals surface area contributed by atoms with Gasteiger partial charge in [-0.3, -0.25) is 14.2 Å². The van der Waals surface area contributed by atoms with Gasteiger partial charge in [0.05, 0.1) is 39.3 Å². The molecule has 3 aromatic rings. The average molecular weight is 471 g/mol. The van der Waals surface area contributed by atoms with Crippen LogP contribution in [-0.2, 0) is 16.1 Å². The van der Waals surface area contributed by atoms with E-state index in [4.69, 9.17) is 14.2 Å². The van der Waals surface area contributed by atoms with Crippen LogP contribution in [-0.4, -0.2) is 53.7 Å². The lowest BCUT2D eigenvalue weighted by molar-refractivity contribution is -0.137. The van der Waals surface area contributed by atoms with Crippen molar-refractivity contribution in [3.05, 3.63) is 58.9 Å². The number of ether oxygens (including phenoxy) is 3. The molecule has 2 aromatic carbocycles. The molecule has 0 saturated carbocycles.